The molecule has 4 aromatic rings. The van der Waals surface area contributed by atoms with Crippen molar-refractivity contribution in [1.29, 1.82) is 0 Å². The maximum atomic E-state index is 12.5. The van der Waals surface area contributed by atoms with Crippen LogP contribution in [0.2, 0.25) is 13.1 Å². The Kier molecular flexibility index (Phi) is 11.7. The maximum Gasteiger partial charge on any atom is 0.303 e. The van der Waals surface area contributed by atoms with E-state index in [0.29, 0.717) is 51.7 Å². The van der Waals surface area contributed by atoms with Crippen molar-refractivity contribution in [2.75, 3.05) is 24.5 Å². The Morgan fingerprint density at radius 3 is 1.95 bits per heavy atom. The average Bonchev–Trinajstić information content (AvgIpc) is 3.15. The number of hydrogen-bond acceptors (Lipinski definition) is 11. The van der Waals surface area contributed by atoms with Gasteiger partial charge in [0.05, 0.1) is 9.79 Å². The molecule has 22 heteroatoms. The number of aliphatic carboxylic acids is 1. The summed E-state index contributed by atoms with van der Waals surface area (Å²) >= 11 is 0. The second kappa shape index (κ2) is 16.0. The molecule has 0 spiro atoms. The topological polar surface area (TPSA) is 273 Å². The minimum Gasteiger partial charge on any atom is -0.481 e. The van der Waals surface area contributed by atoms with E-state index in [-0.39, 0.29) is 30.6 Å². The molecule has 0 saturated carbocycles. The molecule has 0 amide bonds. The number of benzene rings is 4. The summed E-state index contributed by atoms with van der Waals surface area (Å²) in [7, 11) is -22.1. The second-order valence-electron chi connectivity index (χ2n) is 16.0. The van der Waals surface area contributed by atoms with Crippen molar-refractivity contribution in [2.24, 2.45) is 0 Å². The molecule has 17 nitrogen and oxygen atoms in total. The number of anilines is 1. The third kappa shape index (κ3) is 9.04. The molecular weight excluding hydrogens is 891 g/mol. The molecule has 7 rings (SSSR count). The Morgan fingerprint density at radius 1 is 0.738 bits per heavy atom. The molecule has 0 fully saturated rings. The van der Waals surface area contributed by atoms with Gasteiger partial charge in [0.25, 0.3) is 40.5 Å². The number of hydrogen-bond donors (Lipinski definition) is 6. The lowest BCUT2D eigenvalue weighted by Gasteiger charge is -2.38. The minimum atomic E-state index is -4.91. The van der Waals surface area contributed by atoms with Gasteiger partial charge in [-0.2, -0.15) is 33.7 Å². The number of nitrogens with zero attached hydrogens (tertiary/aromatic N) is 2. The molecule has 0 atom stereocenters. The molecule has 0 aliphatic carbocycles. The first kappa shape index (κ1) is 44.5. The zero-order valence-electron chi connectivity index (χ0n) is 33.0. The van der Waals surface area contributed by atoms with Crippen molar-refractivity contribution >= 4 is 76.3 Å². The first-order valence-corrected chi connectivity index (χ1v) is 27.9. The van der Waals surface area contributed by atoms with Crippen LogP contribution in [0.15, 0.2) is 80.2 Å². The van der Waals surface area contributed by atoms with Crippen LogP contribution in [0.3, 0.4) is 0 Å². The number of nitrogens with one attached hydrogen (secondary N) is 1. The van der Waals surface area contributed by atoms with Crippen LogP contribution in [0.1, 0.15) is 53.5 Å². The predicted molar refractivity (Wildman–Crippen MR) is 226 cm³/mol. The maximum absolute atomic E-state index is 12.5. The van der Waals surface area contributed by atoms with Gasteiger partial charge in [-0.3, -0.25) is 23.0 Å². The number of carbonyl (C=O) groups is 1. The molecule has 0 unspecified atom stereocenters. The Labute approximate surface area is 354 Å². The number of aryl methyl sites for hydroxylation is 2. The van der Waals surface area contributed by atoms with Crippen LogP contribution in [0.5, 0.6) is 0 Å². The van der Waals surface area contributed by atoms with Crippen LogP contribution >= 0.6 is 0 Å². The van der Waals surface area contributed by atoms with Crippen LogP contribution in [-0.4, -0.2) is 90.7 Å². The van der Waals surface area contributed by atoms with Crippen molar-refractivity contribution in [1.82, 2.24) is 9.89 Å². The van der Waals surface area contributed by atoms with Gasteiger partial charge in [-0.05, 0) is 106 Å². The molecule has 61 heavy (non-hydrogen) atoms. The lowest BCUT2D eigenvalue weighted by atomic mass is 9.95. The van der Waals surface area contributed by atoms with E-state index >= 15 is 0 Å². The van der Waals surface area contributed by atoms with E-state index in [9.17, 15) is 61.8 Å². The number of fused-ring (bicyclic) bond motifs is 4. The lowest BCUT2D eigenvalue weighted by Crippen LogP contribution is -2.65. The van der Waals surface area contributed by atoms with Crippen molar-refractivity contribution < 1.29 is 61.8 Å². The van der Waals surface area contributed by atoms with E-state index in [1.54, 1.807) is 0 Å². The molecular formula is C39H44N3O14S4Si+. The third-order valence-corrected chi connectivity index (χ3v) is 18.7. The molecule has 3 aliphatic heterocycles. The molecule has 4 aromatic carbocycles. The normalized spacial score (nSPS) is 16.3. The molecule has 3 aliphatic rings. The van der Waals surface area contributed by atoms with E-state index in [1.165, 1.54) is 12.1 Å². The zero-order chi connectivity index (χ0) is 44.4. The van der Waals surface area contributed by atoms with E-state index < -0.39 is 74.1 Å². The molecule has 0 bridgehead atoms. The standard InChI is InChI=1S/C39H43N3O14S4Si/c1-61(2)36-20-32-24(6-4-14-41(32)22-26-9-11-28(57(45,46)47)18-34(26)59(51,52)53)16-30(36)39(40-13-3-8-38(43)44)31-17-25-7-5-15-42(33(25)21-37(31)61)23-27-10-12-29(58(48,49)50)19-35(27)60(54,55)56/h9-12,16-21H,3-8,13-15,22-23H2,1-2H3,(H5,43,44,45,46,47,48,49,50,51,52,53,54,55,56)/p+1. The first-order valence-electron chi connectivity index (χ1n) is 19.2. The SMILES string of the molecule is C[Si]1(C)c2cc3c(cc2C(NCCCC(=O)O)=c2cc4c(cc21)=[N+](Cc1ccc(S(=O)(=O)O)cc1S(=O)(=O)O)CCC4)CCCN3Cc1ccc(S(=O)(=O)O)cc1S(=O)(=O)O. The minimum absolute atomic E-state index is 0.0194. The van der Waals surface area contributed by atoms with Crippen LogP contribution in [-0.2, 0) is 71.2 Å². The molecule has 0 radical (unpaired) electrons. The summed E-state index contributed by atoms with van der Waals surface area (Å²) in [4.78, 5) is 10.7. The van der Waals surface area contributed by atoms with Gasteiger partial charge in [-0.25, -0.2) is 4.58 Å². The van der Waals surface area contributed by atoms with E-state index in [4.69, 9.17) is 0 Å². The van der Waals surface area contributed by atoms with Crippen LogP contribution in [0, 0.1) is 0 Å². The smallest absolute Gasteiger partial charge is 0.303 e. The largest absolute Gasteiger partial charge is 0.481 e. The summed E-state index contributed by atoms with van der Waals surface area (Å²) in [6.07, 6.45) is 3.05. The van der Waals surface area contributed by atoms with Crippen LogP contribution < -0.4 is 35.7 Å². The quantitative estimate of drug-likeness (QED) is 0.0473. The Hall–Kier alpha value is -4.52. The average molecular weight is 935 g/mol. The monoisotopic (exact) mass is 934 g/mol. The van der Waals surface area contributed by atoms with Crippen molar-refractivity contribution in [3.05, 3.63) is 99.1 Å². The highest BCUT2D eigenvalue weighted by atomic mass is 32.2. The summed E-state index contributed by atoms with van der Waals surface area (Å²) in [5.41, 5.74) is 4.73. The molecule has 0 saturated heterocycles. The van der Waals surface area contributed by atoms with Crippen molar-refractivity contribution in [3.8, 4) is 0 Å². The van der Waals surface area contributed by atoms with Gasteiger partial charge >= 0.3 is 5.97 Å². The van der Waals surface area contributed by atoms with E-state index in [2.05, 4.69) is 42.7 Å². The Morgan fingerprint density at radius 2 is 1.34 bits per heavy atom. The summed E-state index contributed by atoms with van der Waals surface area (Å²) in [6.45, 7) is 5.67. The van der Waals surface area contributed by atoms with Gasteiger partial charge in [0, 0.05) is 61.1 Å². The highest BCUT2D eigenvalue weighted by molar-refractivity contribution is 7.87. The summed E-state index contributed by atoms with van der Waals surface area (Å²) in [6, 6.07) is 14.5. The number of rotatable bonds is 13. The van der Waals surface area contributed by atoms with Gasteiger partial charge < -0.3 is 15.3 Å². The predicted octanol–water partition coefficient (Wildman–Crippen LogP) is 1.01. The van der Waals surface area contributed by atoms with Gasteiger partial charge in [-0.1, -0.05) is 19.2 Å². The fourth-order valence-corrected chi connectivity index (χ4v) is 14.3. The van der Waals surface area contributed by atoms with E-state index in [1.807, 2.05) is 9.48 Å². The zero-order valence-corrected chi connectivity index (χ0v) is 37.3. The summed E-state index contributed by atoms with van der Waals surface area (Å²) in [5, 5.41) is 16.7. The molecule has 326 valence electrons. The van der Waals surface area contributed by atoms with Gasteiger partial charge in [0.2, 0.25) is 5.36 Å². The molecule has 0 aromatic heterocycles. The van der Waals surface area contributed by atoms with Crippen molar-refractivity contribution in [3.63, 3.8) is 0 Å². The van der Waals surface area contributed by atoms with Gasteiger partial charge in [0.15, 0.2) is 6.54 Å². The lowest BCUT2D eigenvalue weighted by molar-refractivity contribution is -0.137. The molecule has 6 N–H and O–H groups in total. The number of carboxylic acids is 1. The number of carboxylic acid groups (broad SMARTS) is 1. The third-order valence-electron chi connectivity index (χ3n) is 11.6. The molecule has 3 heterocycles. The van der Waals surface area contributed by atoms with Crippen LogP contribution in [0.25, 0.3) is 5.70 Å². The Bertz CT molecular complexity index is 3120. The first-order chi connectivity index (χ1) is 28.3. The van der Waals surface area contributed by atoms with Crippen molar-refractivity contribution in [2.45, 2.75) is 84.3 Å². The summed E-state index contributed by atoms with van der Waals surface area (Å²) < 4.78 is 139. The van der Waals surface area contributed by atoms with Crippen LogP contribution in [0.4, 0.5) is 5.69 Å². The fourth-order valence-electron chi connectivity index (χ4n) is 8.67. The second-order valence-corrected chi connectivity index (χ2v) is 25.9. The van der Waals surface area contributed by atoms with Gasteiger partial charge in [0.1, 0.15) is 24.4 Å². The highest BCUT2D eigenvalue weighted by Gasteiger charge is 2.38. The summed E-state index contributed by atoms with van der Waals surface area (Å²) in [5.74, 6) is -0.928. The Balaban J connectivity index is 1.39. The fraction of sp³-hybridized carbons (Fsp3) is 0.333. The van der Waals surface area contributed by atoms with Gasteiger partial charge in [-0.15, -0.1) is 0 Å². The highest BCUT2D eigenvalue weighted by Crippen LogP contribution is 2.33. The van der Waals surface area contributed by atoms with E-state index in [0.717, 1.165) is 73.3 Å².